The van der Waals surface area contributed by atoms with Crippen LogP contribution in [0.2, 0.25) is 0 Å². The summed E-state index contributed by atoms with van der Waals surface area (Å²) < 4.78 is 0. The summed E-state index contributed by atoms with van der Waals surface area (Å²) in [5.74, 6) is -8.49. The van der Waals surface area contributed by atoms with Crippen LogP contribution >= 0.6 is 0 Å². The Bertz CT molecular complexity index is 629. The normalized spacial score (nSPS) is 29.5. The monoisotopic (exact) mass is 370 g/mol. The van der Waals surface area contributed by atoms with Crippen molar-refractivity contribution in [2.75, 3.05) is 0 Å². The van der Waals surface area contributed by atoms with Gasteiger partial charge in [-0.05, 0) is 31.6 Å². The van der Waals surface area contributed by atoms with Gasteiger partial charge in [-0.3, -0.25) is 0 Å². The highest BCUT2D eigenvalue weighted by atomic mass is 16.4. The molecule has 0 amide bonds. The molecule has 2 atom stereocenters. The lowest BCUT2D eigenvalue weighted by Gasteiger charge is -2.49. The highest BCUT2D eigenvalue weighted by molar-refractivity contribution is 5.85. The van der Waals surface area contributed by atoms with Crippen molar-refractivity contribution < 1.29 is 40.2 Å². The van der Waals surface area contributed by atoms with Crippen molar-refractivity contribution >= 4 is 11.9 Å². The topological polar surface area (TPSA) is 156 Å². The van der Waals surface area contributed by atoms with Crippen molar-refractivity contribution in [1.29, 1.82) is 0 Å². The summed E-state index contributed by atoms with van der Waals surface area (Å²) in [5, 5.41) is 59.0. The number of allylic oxidation sites excluding steroid dienone is 2. The van der Waals surface area contributed by atoms with E-state index < -0.39 is 46.3 Å². The van der Waals surface area contributed by atoms with E-state index in [1.807, 2.05) is 0 Å². The molecule has 2 aliphatic rings. The summed E-state index contributed by atoms with van der Waals surface area (Å²) in [6.07, 6.45) is 5.85. The zero-order chi connectivity index (χ0) is 19.5. The first kappa shape index (κ1) is 19.9. The Labute approximate surface area is 151 Å². The lowest BCUT2D eigenvalue weighted by atomic mass is 9.55. The van der Waals surface area contributed by atoms with E-state index in [2.05, 4.69) is 0 Å². The van der Waals surface area contributed by atoms with Crippen molar-refractivity contribution in [3.05, 3.63) is 23.0 Å². The van der Waals surface area contributed by atoms with E-state index in [-0.39, 0.29) is 12.3 Å². The first-order valence-electron chi connectivity index (χ1n) is 8.94. The Hall–Kier alpha value is -2.38. The van der Waals surface area contributed by atoms with Crippen LogP contribution in [0.4, 0.5) is 0 Å². The summed E-state index contributed by atoms with van der Waals surface area (Å²) in [6, 6.07) is 0. The minimum absolute atomic E-state index is 0.230. The third-order valence-corrected chi connectivity index (χ3v) is 5.93. The summed E-state index contributed by atoms with van der Waals surface area (Å²) in [5.41, 5.74) is -1.31. The standard InChI is InChI=1S/C18H26O8/c19-12(13(20)16(23)24)11-8-4-5-9-18(11,10-6-2-1-3-7-10)15(22)14(21)17(25)26/h10-11,19-22H,1-9H2,(H,23,24)(H,25,26). The van der Waals surface area contributed by atoms with Gasteiger partial charge in [0.05, 0.1) is 0 Å². The van der Waals surface area contributed by atoms with Gasteiger partial charge in [0.15, 0.2) is 0 Å². The summed E-state index contributed by atoms with van der Waals surface area (Å²) in [7, 11) is 0. The van der Waals surface area contributed by atoms with Gasteiger partial charge in [0.25, 0.3) is 0 Å². The number of hydrogen-bond acceptors (Lipinski definition) is 6. The number of carbonyl (C=O) groups is 2. The average Bonchev–Trinajstić information content (AvgIpc) is 2.65. The number of carboxylic acids is 2. The van der Waals surface area contributed by atoms with Crippen LogP contribution in [0.5, 0.6) is 0 Å². The second-order valence-electron chi connectivity index (χ2n) is 7.22. The number of hydrogen-bond donors (Lipinski definition) is 6. The van der Waals surface area contributed by atoms with Crippen LogP contribution in [-0.2, 0) is 9.59 Å². The molecule has 2 fully saturated rings. The first-order chi connectivity index (χ1) is 12.2. The number of aliphatic carboxylic acids is 2. The van der Waals surface area contributed by atoms with Crippen molar-refractivity contribution in [2.24, 2.45) is 17.3 Å². The van der Waals surface area contributed by atoms with E-state index in [1.165, 1.54) is 0 Å². The van der Waals surface area contributed by atoms with Gasteiger partial charge in [0.2, 0.25) is 11.5 Å². The quantitative estimate of drug-likeness (QED) is 0.317. The van der Waals surface area contributed by atoms with E-state index in [0.717, 1.165) is 19.3 Å². The fourth-order valence-electron chi connectivity index (χ4n) is 4.76. The van der Waals surface area contributed by atoms with Crippen molar-refractivity contribution in [3.63, 3.8) is 0 Å². The molecule has 0 aliphatic heterocycles. The Balaban J connectivity index is 2.66. The van der Waals surface area contributed by atoms with E-state index in [1.54, 1.807) is 0 Å². The van der Waals surface area contributed by atoms with E-state index >= 15 is 0 Å². The third-order valence-electron chi connectivity index (χ3n) is 5.93. The van der Waals surface area contributed by atoms with Crippen LogP contribution in [0.1, 0.15) is 57.8 Å². The van der Waals surface area contributed by atoms with Crippen LogP contribution in [-0.4, -0.2) is 42.6 Å². The lowest BCUT2D eigenvalue weighted by molar-refractivity contribution is -0.138. The molecule has 8 heteroatoms. The van der Waals surface area contributed by atoms with Crippen molar-refractivity contribution in [2.45, 2.75) is 57.8 Å². The van der Waals surface area contributed by atoms with E-state index in [0.29, 0.717) is 32.1 Å². The molecule has 0 heterocycles. The molecule has 0 bridgehead atoms. The van der Waals surface area contributed by atoms with E-state index in [9.17, 15) is 30.0 Å². The van der Waals surface area contributed by atoms with Crippen LogP contribution in [0.3, 0.4) is 0 Å². The Morgan fingerprint density at radius 3 is 1.77 bits per heavy atom. The van der Waals surface area contributed by atoms with Crippen molar-refractivity contribution in [1.82, 2.24) is 0 Å². The average molecular weight is 370 g/mol. The van der Waals surface area contributed by atoms with Gasteiger partial charge in [-0.1, -0.05) is 32.1 Å². The molecule has 6 N–H and O–H groups in total. The zero-order valence-corrected chi connectivity index (χ0v) is 14.5. The molecule has 0 aromatic heterocycles. The summed E-state index contributed by atoms with van der Waals surface area (Å²) in [6.45, 7) is 0. The van der Waals surface area contributed by atoms with Gasteiger partial charge >= 0.3 is 11.9 Å². The zero-order valence-electron chi connectivity index (χ0n) is 14.5. The van der Waals surface area contributed by atoms with Crippen molar-refractivity contribution in [3.8, 4) is 0 Å². The maximum absolute atomic E-state index is 11.2. The Kier molecular flexibility index (Phi) is 6.05. The fraction of sp³-hybridized carbons (Fsp3) is 0.667. The molecule has 8 nitrogen and oxygen atoms in total. The molecule has 2 unspecified atom stereocenters. The number of aliphatic hydroxyl groups excluding tert-OH is 4. The number of aliphatic hydroxyl groups is 4. The predicted molar refractivity (Wildman–Crippen MR) is 90.8 cm³/mol. The molecule has 0 saturated heterocycles. The molecular weight excluding hydrogens is 344 g/mol. The lowest BCUT2D eigenvalue weighted by Crippen LogP contribution is -2.45. The molecule has 0 radical (unpaired) electrons. The second-order valence-corrected chi connectivity index (χ2v) is 7.22. The molecular formula is C18H26O8. The largest absolute Gasteiger partial charge is 0.508 e. The number of rotatable bonds is 5. The SMILES string of the molecule is O=C(O)C(O)=C(O)C1CCCCC1(C(O)=C(O)C(=O)O)C1CCCCC1. The third kappa shape index (κ3) is 3.45. The molecule has 146 valence electrons. The minimum atomic E-state index is -1.70. The molecule has 2 saturated carbocycles. The van der Waals surface area contributed by atoms with Crippen LogP contribution < -0.4 is 0 Å². The molecule has 2 rings (SSSR count). The Morgan fingerprint density at radius 1 is 0.692 bits per heavy atom. The smallest absolute Gasteiger partial charge is 0.374 e. The Morgan fingerprint density at radius 2 is 1.23 bits per heavy atom. The highest BCUT2D eigenvalue weighted by Crippen LogP contribution is 2.57. The van der Waals surface area contributed by atoms with Gasteiger partial charge in [-0.15, -0.1) is 0 Å². The van der Waals surface area contributed by atoms with Crippen LogP contribution in [0.15, 0.2) is 23.0 Å². The van der Waals surface area contributed by atoms with Crippen LogP contribution in [0.25, 0.3) is 0 Å². The maximum Gasteiger partial charge on any atom is 0.374 e. The van der Waals surface area contributed by atoms with Gasteiger partial charge in [0, 0.05) is 11.3 Å². The van der Waals surface area contributed by atoms with Crippen LogP contribution in [0, 0.1) is 17.3 Å². The minimum Gasteiger partial charge on any atom is -0.508 e. The molecule has 0 spiro atoms. The van der Waals surface area contributed by atoms with Gasteiger partial charge in [0.1, 0.15) is 11.5 Å². The first-order valence-corrected chi connectivity index (χ1v) is 8.94. The number of carboxylic acid groups (broad SMARTS) is 2. The fourth-order valence-corrected chi connectivity index (χ4v) is 4.76. The van der Waals surface area contributed by atoms with Gasteiger partial charge < -0.3 is 30.6 Å². The summed E-state index contributed by atoms with van der Waals surface area (Å²) >= 11 is 0. The highest BCUT2D eigenvalue weighted by Gasteiger charge is 2.54. The predicted octanol–water partition coefficient (Wildman–Crippen LogP) is 3.57. The molecule has 26 heavy (non-hydrogen) atoms. The maximum atomic E-state index is 11.2. The van der Waals surface area contributed by atoms with Gasteiger partial charge in [-0.25, -0.2) is 9.59 Å². The molecule has 0 aromatic carbocycles. The van der Waals surface area contributed by atoms with E-state index in [4.69, 9.17) is 10.2 Å². The molecule has 2 aliphatic carbocycles. The van der Waals surface area contributed by atoms with Gasteiger partial charge in [-0.2, -0.15) is 0 Å². The summed E-state index contributed by atoms with van der Waals surface area (Å²) in [4.78, 5) is 22.3. The second kappa shape index (κ2) is 7.88. The molecule has 0 aromatic rings.